The Labute approximate surface area is 137 Å². The van der Waals surface area contributed by atoms with E-state index in [0.29, 0.717) is 29.0 Å². The van der Waals surface area contributed by atoms with E-state index < -0.39 is 11.9 Å². The number of anilines is 1. The molecule has 7 nitrogen and oxygen atoms in total. The van der Waals surface area contributed by atoms with Crippen LogP contribution in [0.4, 0.5) is 5.69 Å². The minimum atomic E-state index is -1.29. The molecule has 0 saturated heterocycles. The molecule has 0 aliphatic rings. The first-order chi connectivity index (χ1) is 11.5. The summed E-state index contributed by atoms with van der Waals surface area (Å²) in [6, 6.07) is 10.1. The van der Waals surface area contributed by atoms with Gasteiger partial charge in [0.1, 0.15) is 6.29 Å². The number of carbonyl (C=O) groups is 3. The molecule has 0 unspecified atom stereocenters. The second-order valence-corrected chi connectivity index (χ2v) is 4.73. The molecule has 0 radical (unpaired) electrons. The summed E-state index contributed by atoms with van der Waals surface area (Å²) in [7, 11) is 1.43. The van der Waals surface area contributed by atoms with E-state index in [2.05, 4.69) is 5.32 Å². The van der Waals surface area contributed by atoms with Crippen LogP contribution >= 0.6 is 0 Å². The highest BCUT2D eigenvalue weighted by atomic mass is 16.5. The van der Waals surface area contributed by atoms with E-state index in [1.807, 2.05) is 0 Å². The van der Waals surface area contributed by atoms with Crippen molar-refractivity contribution in [2.75, 3.05) is 19.0 Å². The van der Waals surface area contributed by atoms with Crippen molar-refractivity contribution in [2.24, 2.45) is 0 Å². The number of amides is 1. The van der Waals surface area contributed by atoms with Crippen molar-refractivity contribution >= 4 is 23.9 Å². The summed E-state index contributed by atoms with van der Waals surface area (Å²) in [5.41, 5.74) is 0.873. The number of carbonyl (C=O) groups excluding carboxylic acids is 3. The molecule has 0 aliphatic carbocycles. The zero-order valence-electron chi connectivity index (χ0n) is 12.8. The fraction of sp³-hybridized carbons (Fsp3) is 0.118. The first-order valence-electron chi connectivity index (χ1n) is 6.90. The van der Waals surface area contributed by atoms with Gasteiger partial charge in [-0.2, -0.15) is 0 Å². The quantitative estimate of drug-likeness (QED) is 0.757. The molecule has 24 heavy (non-hydrogen) atoms. The lowest BCUT2D eigenvalue weighted by atomic mass is 10.2. The second-order valence-electron chi connectivity index (χ2n) is 4.73. The van der Waals surface area contributed by atoms with Gasteiger partial charge in [-0.15, -0.1) is 0 Å². The second kappa shape index (κ2) is 7.77. The topological polar surface area (TPSA) is 105 Å². The molecule has 2 aromatic rings. The third-order valence-corrected chi connectivity index (χ3v) is 3.09. The van der Waals surface area contributed by atoms with Gasteiger partial charge in [-0.1, -0.05) is 12.1 Å². The average Bonchev–Trinajstić information content (AvgIpc) is 2.60. The standard InChI is InChI=1S/C17H15NO6/c1-23-15-8-11(9-19)2-7-14(15)24-10-16(20)18-13-5-3-12(4-6-13)17(21)22/h2-9H,10H2,1H3,(H,18,20)(H,21,22)/p-1. The van der Waals surface area contributed by atoms with Crippen molar-refractivity contribution in [3.05, 3.63) is 53.6 Å². The Hall–Kier alpha value is -3.35. The van der Waals surface area contributed by atoms with Gasteiger partial charge in [0.05, 0.1) is 13.1 Å². The summed E-state index contributed by atoms with van der Waals surface area (Å²) >= 11 is 0. The van der Waals surface area contributed by atoms with Gasteiger partial charge in [-0.05, 0) is 35.9 Å². The molecule has 124 valence electrons. The van der Waals surface area contributed by atoms with E-state index in [4.69, 9.17) is 9.47 Å². The highest BCUT2D eigenvalue weighted by Crippen LogP contribution is 2.27. The lowest BCUT2D eigenvalue weighted by Crippen LogP contribution is -2.22. The van der Waals surface area contributed by atoms with Crippen molar-refractivity contribution in [1.82, 2.24) is 0 Å². The number of carboxylic acid groups (broad SMARTS) is 1. The van der Waals surface area contributed by atoms with Gasteiger partial charge >= 0.3 is 0 Å². The number of benzene rings is 2. The minimum Gasteiger partial charge on any atom is -0.545 e. The van der Waals surface area contributed by atoms with Crippen LogP contribution in [0.25, 0.3) is 0 Å². The van der Waals surface area contributed by atoms with Crippen LogP contribution < -0.4 is 19.9 Å². The molecule has 7 heteroatoms. The van der Waals surface area contributed by atoms with Gasteiger partial charge in [0, 0.05) is 11.3 Å². The number of nitrogens with one attached hydrogen (secondary N) is 1. The van der Waals surface area contributed by atoms with Crippen molar-refractivity contribution in [1.29, 1.82) is 0 Å². The van der Waals surface area contributed by atoms with Gasteiger partial charge < -0.3 is 24.7 Å². The van der Waals surface area contributed by atoms with Crippen LogP contribution in [0, 0.1) is 0 Å². The Balaban J connectivity index is 1.95. The average molecular weight is 328 g/mol. The first-order valence-corrected chi connectivity index (χ1v) is 6.90. The highest BCUT2D eigenvalue weighted by molar-refractivity contribution is 5.93. The van der Waals surface area contributed by atoms with Gasteiger partial charge in [0.15, 0.2) is 18.1 Å². The van der Waals surface area contributed by atoms with Crippen LogP contribution in [-0.4, -0.2) is 31.9 Å². The molecule has 0 fully saturated rings. The third kappa shape index (κ3) is 4.33. The largest absolute Gasteiger partial charge is 0.545 e. The number of hydrogen-bond acceptors (Lipinski definition) is 6. The molecule has 0 aromatic heterocycles. The van der Waals surface area contributed by atoms with Crippen molar-refractivity contribution in [2.45, 2.75) is 0 Å². The maximum atomic E-state index is 11.9. The first kappa shape index (κ1) is 17.0. The van der Waals surface area contributed by atoms with Crippen molar-refractivity contribution in [3.8, 4) is 11.5 Å². The van der Waals surface area contributed by atoms with Crippen LogP contribution in [0.3, 0.4) is 0 Å². The number of aromatic carboxylic acids is 1. The molecule has 0 heterocycles. The zero-order chi connectivity index (χ0) is 17.5. The molecule has 1 N–H and O–H groups in total. The van der Waals surface area contributed by atoms with E-state index in [9.17, 15) is 19.5 Å². The molecule has 0 spiro atoms. The van der Waals surface area contributed by atoms with Gasteiger partial charge in [0.25, 0.3) is 5.91 Å². The van der Waals surface area contributed by atoms with E-state index in [1.165, 1.54) is 43.5 Å². The van der Waals surface area contributed by atoms with E-state index in [0.717, 1.165) is 0 Å². The van der Waals surface area contributed by atoms with Gasteiger partial charge in [0.2, 0.25) is 0 Å². The molecular formula is C17H14NO6-. The fourth-order valence-corrected chi connectivity index (χ4v) is 1.91. The van der Waals surface area contributed by atoms with Crippen LogP contribution in [0.2, 0.25) is 0 Å². The Morgan fingerprint density at radius 1 is 1.12 bits per heavy atom. The van der Waals surface area contributed by atoms with E-state index in [1.54, 1.807) is 6.07 Å². The summed E-state index contributed by atoms with van der Waals surface area (Å²) in [6.45, 7) is -0.279. The number of hydrogen-bond donors (Lipinski definition) is 1. The maximum absolute atomic E-state index is 11.9. The van der Waals surface area contributed by atoms with Crippen LogP contribution in [-0.2, 0) is 4.79 Å². The normalized spacial score (nSPS) is 9.88. The van der Waals surface area contributed by atoms with Crippen LogP contribution in [0.15, 0.2) is 42.5 Å². The fourth-order valence-electron chi connectivity index (χ4n) is 1.91. The zero-order valence-corrected chi connectivity index (χ0v) is 12.8. The Morgan fingerprint density at radius 3 is 2.42 bits per heavy atom. The smallest absolute Gasteiger partial charge is 0.262 e. The Morgan fingerprint density at radius 2 is 1.83 bits per heavy atom. The monoisotopic (exact) mass is 328 g/mol. The molecular weight excluding hydrogens is 314 g/mol. The molecule has 0 aliphatic heterocycles. The number of ether oxygens (including phenoxy) is 2. The SMILES string of the molecule is COc1cc(C=O)ccc1OCC(=O)Nc1ccc(C(=O)[O-])cc1. The van der Waals surface area contributed by atoms with Crippen molar-refractivity contribution in [3.63, 3.8) is 0 Å². The van der Waals surface area contributed by atoms with Crippen molar-refractivity contribution < 1.29 is 29.0 Å². The number of methoxy groups -OCH3 is 1. The summed E-state index contributed by atoms with van der Waals surface area (Å²) in [4.78, 5) is 33.2. The third-order valence-electron chi connectivity index (χ3n) is 3.09. The molecule has 1 amide bonds. The summed E-state index contributed by atoms with van der Waals surface area (Å²) in [6.07, 6.45) is 0.676. The molecule has 0 bridgehead atoms. The van der Waals surface area contributed by atoms with E-state index in [-0.39, 0.29) is 12.2 Å². The van der Waals surface area contributed by atoms with E-state index >= 15 is 0 Å². The Bertz CT molecular complexity index is 754. The summed E-state index contributed by atoms with van der Waals surface area (Å²) < 4.78 is 10.5. The van der Waals surface area contributed by atoms with Gasteiger partial charge in [-0.3, -0.25) is 9.59 Å². The lowest BCUT2D eigenvalue weighted by Gasteiger charge is -2.11. The predicted octanol–water partition coefficient (Wildman–Crippen LogP) is 0.889. The molecule has 0 saturated carbocycles. The summed E-state index contributed by atoms with van der Waals surface area (Å²) in [5.74, 6) is -1.06. The number of aldehydes is 1. The van der Waals surface area contributed by atoms with Crippen LogP contribution in [0.1, 0.15) is 20.7 Å². The van der Waals surface area contributed by atoms with Gasteiger partial charge in [-0.25, -0.2) is 0 Å². The number of carboxylic acids is 1. The molecule has 2 rings (SSSR count). The number of rotatable bonds is 7. The minimum absolute atomic E-state index is 0.0178. The predicted molar refractivity (Wildman–Crippen MR) is 83.3 cm³/mol. The lowest BCUT2D eigenvalue weighted by molar-refractivity contribution is -0.255. The molecule has 0 atom stereocenters. The van der Waals surface area contributed by atoms with Crippen LogP contribution in [0.5, 0.6) is 11.5 Å². The maximum Gasteiger partial charge on any atom is 0.262 e. The summed E-state index contributed by atoms with van der Waals surface area (Å²) in [5, 5.41) is 13.2. The Kier molecular flexibility index (Phi) is 5.51. The molecule has 2 aromatic carbocycles. The highest BCUT2D eigenvalue weighted by Gasteiger charge is 2.09.